The van der Waals surface area contributed by atoms with Crippen molar-refractivity contribution in [2.45, 2.75) is 18.5 Å². The second-order valence-electron chi connectivity index (χ2n) is 4.18. The molecule has 0 aromatic heterocycles. The maximum absolute atomic E-state index is 3.54. The molecular formula is C11H13BrN2. The molecule has 3 heterocycles. The standard InChI is InChI=1S/C11H13BrN2/c12-8-1-3-11(4-2-8)14-6-9-5-10(7-14)13-9/h1-4,9-10,13H,5-7H2. The van der Waals surface area contributed by atoms with E-state index in [2.05, 4.69) is 50.4 Å². The lowest BCUT2D eigenvalue weighted by molar-refractivity contribution is 0.226. The Labute approximate surface area is 92.4 Å². The molecular weight excluding hydrogens is 240 g/mol. The van der Waals surface area contributed by atoms with Crippen LogP contribution in [0.1, 0.15) is 6.42 Å². The second-order valence-corrected chi connectivity index (χ2v) is 5.09. The van der Waals surface area contributed by atoms with E-state index in [1.54, 1.807) is 0 Å². The Hall–Kier alpha value is -0.540. The first-order chi connectivity index (χ1) is 6.81. The molecule has 1 N–H and O–H groups in total. The van der Waals surface area contributed by atoms with Crippen LogP contribution in [-0.4, -0.2) is 25.2 Å². The SMILES string of the molecule is Brc1ccc(N2CC3CC(C2)N3)cc1. The minimum Gasteiger partial charge on any atom is -0.368 e. The molecule has 3 saturated heterocycles. The summed E-state index contributed by atoms with van der Waals surface area (Å²) in [6.45, 7) is 2.33. The molecule has 0 amide bonds. The van der Waals surface area contributed by atoms with Crippen molar-refractivity contribution in [3.63, 3.8) is 0 Å². The first-order valence-electron chi connectivity index (χ1n) is 5.08. The predicted octanol–water partition coefficient (Wildman–Crippen LogP) is 2.00. The number of anilines is 1. The highest BCUT2D eigenvalue weighted by atomic mass is 79.9. The van der Waals surface area contributed by atoms with Gasteiger partial charge in [0, 0.05) is 35.3 Å². The monoisotopic (exact) mass is 252 g/mol. The highest BCUT2D eigenvalue weighted by Crippen LogP contribution is 2.26. The molecule has 3 heteroatoms. The van der Waals surface area contributed by atoms with Crippen LogP contribution in [0.5, 0.6) is 0 Å². The van der Waals surface area contributed by atoms with E-state index in [-0.39, 0.29) is 0 Å². The zero-order chi connectivity index (χ0) is 9.54. The van der Waals surface area contributed by atoms with E-state index in [4.69, 9.17) is 0 Å². The van der Waals surface area contributed by atoms with E-state index >= 15 is 0 Å². The van der Waals surface area contributed by atoms with Crippen molar-refractivity contribution in [2.24, 2.45) is 0 Å². The van der Waals surface area contributed by atoms with Crippen LogP contribution < -0.4 is 10.2 Å². The molecule has 0 radical (unpaired) electrons. The van der Waals surface area contributed by atoms with Gasteiger partial charge in [-0.05, 0) is 30.7 Å². The summed E-state index contributed by atoms with van der Waals surface area (Å²) in [6, 6.07) is 10.1. The molecule has 0 saturated carbocycles. The van der Waals surface area contributed by atoms with Gasteiger partial charge in [-0.15, -0.1) is 0 Å². The van der Waals surface area contributed by atoms with Crippen LogP contribution in [0.3, 0.4) is 0 Å². The Bertz CT molecular complexity index is 320. The van der Waals surface area contributed by atoms with E-state index in [1.807, 2.05) is 0 Å². The zero-order valence-corrected chi connectivity index (χ0v) is 9.50. The fraction of sp³-hybridized carbons (Fsp3) is 0.455. The molecule has 2 bridgehead atoms. The van der Waals surface area contributed by atoms with Crippen molar-refractivity contribution in [3.05, 3.63) is 28.7 Å². The molecule has 3 fully saturated rings. The third-order valence-corrected chi connectivity index (χ3v) is 3.64. The smallest absolute Gasteiger partial charge is 0.0368 e. The Morgan fingerprint density at radius 3 is 2.29 bits per heavy atom. The summed E-state index contributed by atoms with van der Waals surface area (Å²) in [7, 11) is 0. The number of hydrogen-bond acceptors (Lipinski definition) is 2. The van der Waals surface area contributed by atoms with Gasteiger partial charge in [0.25, 0.3) is 0 Å². The number of halogens is 1. The fourth-order valence-corrected chi connectivity index (χ4v) is 2.64. The maximum atomic E-state index is 3.54. The Morgan fingerprint density at radius 1 is 1.14 bits per heavy atom. The quantitative estimate of drug-likeness (QED) is 0.823. The minimum atomic E-state index is 0.734. The van der Waals surface area contributed by atoms with Gasteiger partial charge in [0.1, 0.15) is 0 Å². The van der Waals surface area contributed by atoms with Gasteiger partial charge in [-0.25, -0.2) is 0 Å². The van der Waals surface area contributed by atoms with Gasteiger partial charge in [0.15, 0.2) is 0 Å². The van der Waals surface area contributed by atoms with Crippen LogP contribution in [0.4, 0.5) is 5.69 Å². The topological polar surface area (TPSA) is 15.3 Å². The van der Waals surface area contributed by atoms with Crippen molar-refractivity contribution in [3.8, 4) is 0 Å². The van der Waals surface area contributed by atoms with E-state index in [0.717, 1.165) is 29.6 Å². The summed E-state index contributed by atoms with van der Waals surface area (Å²) in [4.78, 5) is 2.47. The van der Waals surface area contributed by atoms with Gasteiger partial charge in [-0.1, -0.05) is 15.9 Å². The Kier molecular flexibility index (Phi) is 2.03. The van der Waals surface area contributed by atoms with Crippen molar-refractivity contribution < 1.29 is 0 Å². The van der Waals surface area contributed by atoms with E-state index < -0.39 is 0 Å². The number of benzene rings is 1. The number of piperidine rings is 1. The van der Waals surface area contributed by atoms with Gasteiger partial charge in [-0.3, -0.25) is 0 Å². The van der Waals surface area contributed by atoms with Gasteiger partial charge < -0.3 is 10.2 Å². The summed E-state index contributed by atoms with van der Waals surface area (Å²) < 4.78 is 1.15. The van der Waals surface area contributed by atoms with Crippen LogP contribution in [-0.2, 0) is 0 Å². The number of rotatable bonds is 1. The Balaban J connectivity index is 1.79. The van der Waals surface area contributed by atoms with Crippen molar-refractivity contribution in [1.82, 2.24) is 5.32 Å². The first-order valence-corrected chi connectivity index (χ1v) is 5.87. The number of piperazine rings is 1. The molecule has 4 rings (SSSR count). The molecule has 1 aromatic carbocycles. The van der Waals surface area contributed by atoms with Crippen molar-refractivity contribution in [2.75, 3.05) is 18.0 Å². The van der Waals surface area contributed by atoms with E-state index in [9.17, 15) is 0 Å². The lowest BCUT2D eigenvalue weighted by atomic mass is 9.91. The molecule has 14 heavy (non-hydrogen) atoms. The molecule has 1 aromatic rings. The number of hydrogen-bond donors (Lipinski definition) is 1. The summed E-state index contributed by atoms with van der Waals surface area (Å²) in [5.74, 6) is 0. The second kappa shape index (κ2) is 3.24. The van der Waals surface area contributed by atoms with Crippen LogP contribution in [0, 0.1) is 0 Å². The molecule has 2 unspecified atom stereocenters. The highest BCUT2D eigenvalue weighted by molar-refractivity contribution is 9.10. The third-order valence-electron chi connectivity index (χ3n) is 3.11. The summed E-state index contributed by atoms with van der Waals surface area (Å²) in [6.07, 6.45) is 1.37. The molecule has 2 nitrogen and oxygen atoms in total. The van der Waals surface area contributed by atoms with Crippen molar-refractivity contribution in [1.29, 1.82) is 0 Å². The molecule has 0 aliphatic carbocycles. The lowest BCUT2D eigenvalue weighted by Gasteiger charge is -2.49. The summed E-state index contributed by atoms with van der Waals surface area (Å²) >= 11 is 3.46. The van der Waals surface area contributed by atoms with E-state index in [1.165, 1.54) is 12.1 Å². The van der Waals surface area contributed by atoms with Gasteiger partial charge in [-0.2, -0.15) is 0 Å². The fourth-order valence-electron chi connectivity index (χ4n) is 2.38. The molecule has 0 spiro atoms. The van der Waals surface area contributed by atoms with Crippen LogP contribution in [0.25, 0.3) is 0 Å². The third kappa shape index (κ3) is 1.44. The number of nitrogens with one attached hydrogen (secondary N) is 1. The van der Waals surface area contributed by atoms with Crippen LogP contribution in [0.15, 0.2) is 28.7 Å². The van der Waals surface area contributed by atoms with Gasteiger partial charge in [0.2, 0.25) is 0 Å². The number of nitrogens with zero attached hydrogens (tertiary/aromatic N) is 1. The van der Waals surface area contributed by atoms with Gasteiger partial charge in [0.05, 0.1) is 0 Å². The van der Waals surface area contributed by atoms with Crippen LogP contribution >= 0.6 is 15.9 Å². The zero-order valence-electron chi connectivity index (χ0n) is 7.91. The minimum absolute atomic E-state index is 0.734. The van der Waals surface area contributed by atoms with E-state index in [0.29, 0.717) is 0 Å². The Morgan fingerprint density at radius 2 is 1.71 bits per heavy atom. The molecule has 3 aliphatic heterocycles. The van der Waals surface area contributed by atoms with Gasteiger partial charge >= 0.3 is 0 Å². The van der Waals surface area contributed by atoms with Crippen LogP contribution in [0.2, 0.25) is 0 Å². The average molecular weight is 253 g/mol. The highest BCUT2D eigenvalue weighted by Gasteiger charge is 2.36. The predicted molar refractivity (Wildman–Crippen MR) is 61.7 cm³/mol. The maximum Gasteiger partial charge on any atom is 0.0368 e. The first kappa shape index (κ1) is 8.74. The normalized spacial score (nSPS) is 29.9. The average Bonchev–Trinajstić information content (AvgIpc) is 2.18. The molecule has 2 atom stereocenters. The summed E-state index contributed by atoms with van der Waals surface area (Å²) in [5, 5.41) is 3.54. The molecule has 74 valence electrons. The lowest BCUT2D eigenvalue weighted by Crippen LogP contribution is -2.67. The largest absolute Gasteiger partial charge is 0.368 e. The summed E-state index contributed by atoms with van der Waals surface area (Å²) in [5.41, 5.74) is 1.35. The molecule has 3 aliphatic rings. The van der Waals surface area contributed by atoms with Crippen molar-refractivity contribution >= 4 is 21.6 Å². The number of fused-ring (bicyclic) bond motifs is 2.